The second-order valence-electron chi connectivity index (χ2n) is 5.14. The van der Waals surface area contributed by atoms with Gasteiger partial charge >= 0.3 is 5.97 Å². The summed E-state index contributed by atoms with van der Waals surface area (Å²) in [6.45, 7) is 1.94. The molecule has 128 valence electrons. The smallest absolute Gasteiger partial charge is 0.346 e. The number of thiophene rings is 1. The van der Waals surface area contributed by atoms with Crippen LogP contribution in [0.5, 0.6) is 11.5 Å². The van der Waals surface area contributed by atoms with Gasteiger partial charge in [-0.1, -0.05) is 6.07 Å². The molecule has 0 saturated heterocycles. The molecule has 25 heavy (non-hydrogen) atoms. The van der Waals surface area contributed by atoms with E-state index < -0.39 is 5.97 Å². The van der Waals surface area contributed by atoms with Gasteiger partial charge in [-0.05, 0) is 24.6 Å². The molecule has 9 heteroatoms. The quantitative estimate of drug-likeness (QED) is 0.672. The number of methoxy groups -OCH3 is 1. The predicted octanol–water partition coefficient (Wildman–Crippen LogP) is 3.70. The number of phenols is 1. The molecule has 0 saturated carbocycles. The SMILES string of the molecule is COc1ccc(CN=Nc2ncnc3c(C)c(C(=O)O)sc23)cc1O. The van der Waals surface area contributed by atoms with E-state index in [1.54, 1.807) is 25.1 Å². The third-order valence-corrected chi connectivity index (χ3v) is 4.81. The summed E-state index contributed by atoms with van der Waals surface area (Å²) >= 11 is 1.08. The average molecular weight is 358 g/mol. The largest absolute Gasteiger partial charge is 0.504 e. The normalized spacial score (nSPS) is 11.3. The summed E-state index contributed by atoms with van der Waals surface area (Å²) in [6, 6.07) is 4.96. The number of phenolic OH excluding ortho intramolecular Hbond substituents is 1. The zero-order chi connectivity index (χ0) is 18.0. The maximum absolute atomic E-state index is 11.3. The number of aromatic hydroxyl groups is 1. The molecule has 0 radical (unpaired) electrons. The topological polar surface area (TPSA) is 117 Å². The van der Waals surface area contributed by atoms with Crippen molar-refractivity contribution in [3.05, 3.63) is 40.5 Å². The van der Waals surface area contributed by atoms with Crippen LogP contribution >= 0.6 is 11.3 Å². The summed E-state index contributed by atoms with van der Waals surface area (Å²) in [7, 11) is 1.48. The van der Waals surface area contributed by atoms with Gasteiger partial charge in [-0.25, -0.2) is 14.8 Å². The van der Waals surface area contributed by atoms with Crippen LogP contribution < -0.4 is 4.74 Å². The van der Waals surface area contributed by atoms with Crippen molar-refractivity contribution in [2.75, 3.05) is 7.11 Å². The molecule has 2 heterocycles. The lowest BCUT2D eigenvalue weighted by molar-refractivity contribution is 0.0701. The Balaban J connectivity index is 1.87. The lowest BCUT2D eigenvalue weighted by atomic mass is 10.2. The Hall–Kier alpha value is -3.07. The first-order valence-corrected chi connectivity index (χ1v) is 8.03. The summed E-state index contributed by atoms with van der Waals surface area (Å²) in [5.74, 6) is -0.270. The van der Waals surface area contributed by atoms with Crippen LogP contribution in [0.1, 0.15) is 20.8 Å². The van der Waals surface area contributed by atoms with Gasteiger partial charge in [0.25, 0.3) is 0 Å². The third kappa shape index (κ3) is 3.26. The lowest BCUT2D eigenvalue weighted by Crippen LogP contribution is -1.93. The molecule has 8 nitrogen and oxygen atoms in total. The predicted molar refractivity (Wildman–Crippen MR) is 92.0 cm³/mol. The summed E-state index contributed by atoms with van der Waals surface area (Å²) in [5.41, 5.74) is 1.90. The van der Waals surface area contributed by atoms with Gasteiger partial charge in [-0.2, -0.15) is 5.11 Å². The van der Waals surface area contributed by atoms with Crippen LogP contribution in [-0.2, 0) is 6.54 Å². The van der Waals surface area contributed by atoms with Crippen molar-refractivity contribution in [3.8, 4) is 11.5 Å². The average Bonchev–Trinajstić information content (AvgIpc) is 2.93. The highest BCUT2D eigenvalue weighted by Gasteiger charge is 2.18. The first-order valence-electron chi connectivity index (χ1n) is 7.22. The first kappa shape index (κ1) is 16.8. The van der Waals surface area contributed by atoms with Gasteiger partial charge in [-0.15, -0.1) is 16.5 Å². The van der Waals surface area contributed by atoms with Gasteiger partial charge in [0.05, 0.1) is 19.2 Å². The van der Waals surface area contributed by atoms with E-state index >= 15 is 0 Å². The van der Waals surface area contributed by atoms with E-state index in [0.717, 1.165) is 16.9 Å². The second kappa shape index (κ2) is 6.81. The summed E-state index contributed by atoms with van der Waals surface area (Å²) in [5, 5.41) is 27.2. The Morgan fingerprint density at radius 1 is 1.36 bits per heavy atom. The standard InChI is InChI=1S/C16H14N4O4S/c1-8-12-14(25-13(8)16(22)23)15(18-7-17-12)20-19-6-9-3-4-11(24-2)10(21)5-9/h3-5,7,21H,6H2,1-2H3,(H,22,23). The second-order valence-corrected chi connectivity index (χ2v) is 6.16. The minimum Gasteiger partial charge on any atom is -0.504 e. The van der Waals surface area contributed by atoms with Crippen LogP contribution in [0.2, 0.25) is 0 Å². The number of carbonyl (C=O) groups is 1. The molecule has 2 N–H and O–H groups in total. The Labute approximate surface area is 146 Å². The van der Waals surface area contributed by atoms with E-state index in [0.29, 0.717) is 27.3 Å². The molecule has 2 aromatic heterocycles. The number of azo groups is 1. The molecule has 0 aliphatic heterocycles. The number of rotatable bonds is 5. The fourth-order valence-electron chi connectivity index (χ4n) is 2.30. The minimum atomic E-state index is -1.00. The van der Waals surface area contributed by atoms with Crippen molar-refractivity contribution < 1.29 is 19.7 Å². The van der Waals surface area contributed by atoms with E-state index in [1.165, 1.54) is 13.4 Å². The van der Waals surface area contributed by atoms with Gasteiger partial charge in [0, 0.05) is 5.56 Å². The Morgan fingerprint density at radius 3 is 2.84 bits per heavy atom. The van der Waals surface area contributed by atoms with Gasteiger partial charge in [-0.3, -0.25) is 0 Å². The number of ether oxygens (including phenoxy) is 1. The Morgan fingerprint density at radius 2 is 2.16 bits per heavy atom. The van der Waals surface area contributed by atoms with Gasteiger partial charge in [0.2, 0.25) is 0 Å². The zero-order valence-electron chi connectivity index (χ0n) is 13.4. The zero-order valence-corrected chi connectivity index (χ0v) is 14.2. The lowest BCUT2D eigenvalue weighted by Gasteiger charge is -2.03. The van der Waals surface area contributed by atoms with Crippen LogP contribution in [0.25, 0.3) is 10.2 Å². The van der Waals surface area contributed by atoms with Crippen molar-refractivity contribution in [1.29, 1.82) is 0 Å². The Bertz CT molecular complexity index is 984. The van der Waals surface area contributed by atoms with E-state index in [1.807, 2.05) is 0 Å². The molecule has 0 spiro atoms. The number of fused-ring (bicyclic) bond motifs is 1. The number of hydrogen-bond donors (Lipinski definition) is 2. The molecule has 0 atom stereocenters. The maximum Gasteiger partial charge on any atom is 0.346 e. The highest BCUT2D eigenvalue weighted by Crippen LogP contribution is 2.34. The number of aromatic nitrogens is 2. The molecule has 0 unspecified atom stereocenters. The molecular formula is C16H14N4O4S. The third-order valence-electron chi connectivity index (χ3n) is 3.54. The highest BCUT2D eigenvalue weighted by atomic mass is 32.1. The molecule has 3 rings (SSSR count). The van der Waals surface area contributed by atoms with Crippen molar-refractivity contribution >= 4 is 33.3 Å². The molecule has 1 aromatic carbocycles. The van der Waals surface area contributed by atoms with Crippen molar-refractivity contribution in [2.24, 2.45) is 10.2 Å². The minimum absolute atomic E-state index is 0.0274. The molecule has 3 aromatic rings. The highest BCUT2D eigenvalue weighted by molar-refractivity contribution is 7.21. The Kier molecular flexibility index (Phi) is 4.57. The number of aryl methyl sites for hydroxylation is 1. The molecule has 0 fully saturated rings. The molecule has 0 aliphatic rings. The number of benzene rings is 1. The fourth-order valence-corrected chi connectivity index (χ4v) is 3.33. The van der Waals surface area contributed by atoms with Crippen LogP contribution in [0.3, 0.4) is 0 Å². The number of hydrogen-bond acceptors (Lipinski definition) is 8. The van der Waals surface area contributed by atoms with Crippen molar-refractivity contribution in [3.63, 3.8) is 0 Å². The van der Waals surface area contributed by atoms with Crippen LogP contribution in [-0.4, -0.2) is 33.3 Å². The maximum atomic E-state index is 11.3. The number of aromatic carboxylic acids is 1. The first-order chi connectivity index (χ1) is 12.0. The fraction of sp³-hybridized carbons (Fsp3) is 0.188. The van der Waals surface area contributed by atoms with E-state index in [-0.39, 0.29) is 17.2 Å². The van der Waals surface area contributed by atoms with Crippen LogP contribution in [0.4, 0.5) is 5.82 Å². The number of carboxylic acids is 1. The molecule has 0 aliphatic carbocycles. The van der Waals surface area contributed by atoms with Crippen LogP contribution in [0, 0.1) is 6.92 Å². The van der Waals surface area contributed by atoms with E-state index in [2.05, 4.69) is 20.2 Å². The van der Waals surface area contributed by atoms with Crippen molar-refractivity contribution in [1.82, 2.24) is 9.97 Å². The summed E-state index contributed by atoms with van der Waals surface area (Å²) in [4.78, 5) is 19.7. The van der Waals surface area contributed by atoms with Gasteiger partial charge in [0.15, 0.2) is 17.3 Å². The molecular weight excluding hydrogens is 344 g/mol. The van der Waals surface area contributed by atoms with Crippen LogP contribution in [0.15, 0.2) is 34.8 Å². The summed E-state index contributed by atoms with van der Waals surface area (Å²) < 4.78 is 5.57. The summed E-state index contributed by atoms with van der Waals surface area (Å²) in [6.07, 6.45) is 1.33. The monoisotopic (exact) mass is 358 g/mol. The van der Waals surface area contributed by atoms with Crippen molar-refractivity contribution in [2.45, 2.75) is 13.5 Å². The van der Waals surface area contributed by atoms with E-state index in [9.17, 15) is 15.0 Å². The molecule has 0 bridgehead atoms. The number of nitrogens with zero attached hydrogens (tertiary/aromatic N) is 4. The van der Waals surface area contributed by atoms with E-state index in [4.69, 9.17) is 4.74 Å². The van der Waals surface area contributed by atoms with Gasteiger partial charge in [0.1, 0.15) is 15.9 Å². The molecule has 0 amide bonds. The van der Waals surface area contributed by atoms with Gasteiger partial charge < -0.3 is 14.9 Å². The number of carboxylic acid groups (broad SMARTS) is 1.